The van der Waals surface area contributed by atoms with E-state index in [0.29, 0.717) is 19.2 Å². The quantitative estimate of drug-likeness (QED) is 0.866. The van der Waals surface area contributed by atoms with Gasteiger partial charge in [-0.05, 0) is 43.0 Å². The Morgan fingerprint density at radius 2 is 1.80 bits per heavy atom. The largest absolute Gasteiger partial charge is 0.489 e. The molecule has 3 rings (SSSR count). The molecule has 132 valence electrons. The summed E-state index contributed by atoms with van der Waals surface area (Å²) in [6.45, 7) is 4.14. The number of aliphatic carboxylic acids is 1. The van der Waals surface area contributed by atoms with E-state index in [2.05, 4.69) is 24.0 Å². The van der Waals surface area contributed by atoms with Crippen molar-refractivity contribution in [2.24, 2.45) is 5.92 Å². The van der Waals surface area contributed by atoms with Crippen LogP contribution in [0.2, 0.25) is 0 Å². The molecule has 1 fully saturated rings. The molecule has 2 unspecified atom stereocenters. The van der Waals surface area contributed by atoms with Gasteiger partial charge in [-0.3, -0.25) is 9.69 Å². The molecule has 1 heterocycles. The van der Waals surface area contributed by atoms with Crippen LogP contribution in [0.4, 0.5) is 0 Å². The van der Waals surface area contributed by atoms with Crippen molar-refractivity contribution >= 4 is 5.97 Å². The van der Waals surface area contributed by atoms with Gasteiger partial charge in [0.05, 0.1) is 5.92 Å². The van der Waals surface area contributed by atoms with Crippen molar-refractivity contribution in [2.75, 3.05) is 6.54 Å². The molecule has 0 spiro atoms. The van der Waals surface area contributed by atoms with Gasteiger partial charge in [-0.2, -0.15) is 0 Å². The molecule has 2 atom stereocenters. The Hall–Kier alpha value is -2.33. The molecule has 4 heteroatoms. The van der Waals surface area contributed by atoms with Gasteiger partial charge >= 0.3 is 5.97 Å². The fourth-order valence-electron chi connectivity index (χ4n) is 3.27. The zero-order chi connectivity index (χ0) is 17.6. The second-order valence-electron chi connectivity index (χ2n) is 6.81. The van der Waals surface area contributed by atoms with Crippen molar-refractivity contribution in [1.29, 1.82) is 0 Å². The highest BCUT2D eigenvalue weighted by Gasteiger charge is 2.29. The van der Waals surface area contributed by atoms with E-state index in [4.69, 9.17) is 4.74 Å². The smallest absolute Gasteiger partial charge is 0.307 e. The van der Waals surface area contributed by atoms with Gasteiger partial charge in [-0.15, -0.1) is 0 Å². The number of carbonyl (C=O) groups is 1. The molecular weight excluding hydrogens is 314 g/mol. The summed E-state index contributed by atoms with van der Waals surface area (Å²) in [5, 5.41) is 9.25. The summed E-state index contributed by atoms with van der Waals surface area (Å²) in [6.07, 6.45) is 1.72. The van der Waals surface area contributed by atoms with Crippen molar-refractivity contribution in [1.82, 2.24) is 4.90 Å². The summed E-state index contributed by atoms with van der Waals surface area (Å²) in [6, 6.07) is 18.6. The lowest BCUT2D eigenvalue weighted by Gasteiger charge is -2.36. The molecule has 0 saturated carbocycles. The van der Waals surface area contributed by atoms with E-state index in [9.17, 15) is 9.90 Å². The highest BCUT2D eigenvalue weighted by atomic mass is 16.5. The number of carboxylic acid groups (broad SMARTS) is 1. The number of ether oxygens (including phenoxy) is 1. The average molecular weight is 339 g/mol. The summed E-state index contributed by atoms with van der Waals surface area (Å²) in [7, 11) is 0. The van der Waals surface area contributed by atoms with Crippen LogP contribution in [0.15, 0.2) is 54.6 Å². The lowest BCUT2D eigenvalue weighted by molar-refractivity contribution is -0.144. The van der Waals surface area contributed by atoms with E-state index in [1.807, 2.05) is 42.5 Å². The minimum Gasteiger partial charge on any atom is -0.489 e. The first kappa shape index (κ1) is 17.5. The predicted molar refractivity (Wildman–Crippen MR) is 97.4 cm³/mol. The van der Waals surface area contributed by atoms with E-state index in [0.717, 1.165) is 30.7 Å². The maximum Gasteiger partial charge on any atom is 0.307 e. The second kappa shape index (κ2) is 8.17. The van der Waals surface area contributed by atoms with Crippen LogP contribution >= 0.6 is 0 Å². The molecule has 0 amide bonds. The highest BCUT2D eigenvalue weighted by molar-refractivity contribution is 5.70. The number of hydrogen-bond donors (Lipinski definition) is 1. The number of carboxylic acids is 1. The standard InChI is InChI=1S/C21H25NO3/c1-16-7-10-19(21(23)24)14-22(16)13-17-8-11-20(12-9-17)25-15-18-5-3-2-4-6-18/h2-6,8-9,11-12,16,19H,7,10,13-15H2,1H3,(H,23,24). The van der Waals surface area contributed by atoms with Gasteiger partial charge in [-0.1, -0.05) is 42.5 Å². The first-order valence-electron chi connectivity index (χ1n) is 8.84. The van der Waals surface area contributed by atoms with Crippen molar-refractivity contribution in [2.45, 2.75) is 39.0 Å². The first-order chi connectivity index (χ1) is 12.1. The molecule has 0 bridgehead atoms. The lowest BCUT2D eigenvalue weighted by atomic mass is 9.93. The van der Waals surface area contributed by atoms with Crippen molar-refractivity contribution in [3.8, 4) is 5.75 Å². The molecule has 1 saturated heterocycles. The Morgan fingerprint density at radius 1 is 1.08 bits per heavy atom. The lowest BCUT2D eigenvalue weighted by Crippen LogP contribution is -2.43. The number of likely N-dealkylation sites (tertiary alicyclic amines) is 1. The van der Waals surface area contributed by atoms with Gasteiger partial charge in [0.2, 0.25) is 0 Å². The van der Waals surface area contributed by atoms with E-state index < -0.39 is 5.97 Å². The summed E-state index contributed by atoms with van der Waals surface area (Å²) in [5.41, 5.74) is 2.33. The summed E-state index contributed by atoms with van der Waals surface area (Å²) in [5.74, 6) is -0.0750. The van der Waals surface area contributed by atoms with E-state index in [1.54, 1.807) is 0 Å². The summed E-state index contributed by atoms with van der Waals surface area (Å²) in [4.78, 5) is 13.5. The Balaban J connectivity index is 1.55. The number of nitrogens with zero attached hydrogens (tertiary/aromatic N) is 1. The number of rotatable bonds is 6. The Bertz CT molecular complexity index is 684. The molecular formula is C21H25NO3. The molecule has 0 aliphatic carbocycles. The SMILES string of the molecule is CC1CCC(C(=O)O)CN1Cc1ccc(OCc2ccccc2)cc1. The van der Waals surface area contributed by atoms with E-state index >= 15 is 0 Å². The third kappa shape index (κ3) is 4.83. The van der Waals surface area contributed by atoms with Gasteiger partial charge in [0, 0.05) is 19.1 Å². The molecule has 1 aliphatic heterocycles. The van der Waals surface area contributed by atoms with Crippen molar-refractivity contribution in [3.63, 3.8) is 0 Å². The van der Waals surface area contributed by atoms with Gasteiger partial charge in [0.15, 0.2) is 0 Å². The van der Waals surface area contributed by atoms with Gasteiger partial charge in [-0.25, -0.2) is 0 Å². The van der Waals surface area contributed by atoms with Crippen molar-refractivity contribution in [3.05, 3.63) is 65.7 Å². The van der Waals surface area contributed by atoms with Crippen LogP contribution in [0, 0.1) is 5.92 Å². The fraction of sp³-hybridized carbons (Fsp3) is 0.381. The van der Waals surface area contributed by atoms with Crippen LogP contribution in [-0.2, 0) is 17.9 Å². The van der Waals surface area contributed by atoms with Crippen LogP contribution in [0.1, 0.15) is 30.9 Å². The summed E-state index contributed by atoms with van der Waals surface area (Å²) >= 11 is 0. The van der Waals surface area contributed by atoms with Crippen LogP contribution < -0.4 is 4.74 Å². The molecule has 0 radical (unpaired) electrons. The molecule has 1 aliphatic rings. The minimum atomic E-state index is -0.679. The summed E-state index contributed by atoms with van der Waals surface area (Å²) < 4.78 is 5.82. The molecule has 4 nitrogen and oxygen atoms in total. The van der Waals surface area contributed by atoms with Gasteiger partial charge < -0.3 is 9.84 Å². The Labute approximate surface area is 149 Å². The maximum atomic E-state index is 11.2. The maximum absolute atomic E-state index is 11.2. The Kier molecular flexibility index (Phi) is 5.71. The molecule has 0 aromatic heterocycles. The Morgan fingerprint density at radius 3 is 2.48 bits per heavy atom. The zero-order valence-corrected chi connectivity index (χ0v) is 14.6. The number of piperidine rings is 1. The third-order valence-electron chi connectivity index (χ3n) is 4.92. The molecule has 2 aromatic rings. The molecule has 25 heavy (non-hydrogen) atoms. The number of hydrogen-bond acceptors (Lipinski definition) is 3. The minimum absolute atomic E-state index is 0.246. The predicted octanol–water partition coefficient (Wildman–Crippen LogP) is 3.95. The van der Waals surface area contributed by atoms with Gasteiger partial charge in [0.25, 0.3) is 0 Å². The topological polar surface area (TPSA) is 49.8 Å². The molecule has 2 aromatic carbocycles. The fourth-order valence-corrected chi connectivity index (χ4v) is 3.27. The monoisotopic (exact) mass is 339 g/mol. The average Bonchev–Trinajstić information content (AvgIpc) is 2.63. The van der Waals surface area contributed by atoms with Gasteiger partial charge in [0.1, 0.15) is 12.4 Å². The van der Waals surface area contributed by atoms with Crippen LogP contribution in [-0.4, -0.2) is 28.6 Å². The second-order valence-corrected chi connectivity index (χ2v) is 6.81. The third-order valence-corrected chi connectivity index (χ3v) is 4.92. The van der Waals surface area contributed by atoms with Crippen LogP contribution in [0.3, 0.4) is 0 Å². The van der Waals surface area contributed by atoms with Crippen LogP contribution in [0.5, 0.6) is 5.75 Å². The molecule has 1 N–H and O–H groups in total. The van der Waals surface area contributed by atoms with E-state index in [-0.39, 0.29) is 5.92 Å². The first-order valence-corrected chi connectivity index (χ1v) is 8.84. The van der Waals surface area contributed by atoms with Crippen molar-refractivity contribution < 1.29 is 14.6 Å². The number of benzene rings is 2. The normalized spacial score (nSPS) is 21.0. The van der Waals surface area contributed by atoms with Crippen LogP contribution in [0.25, 0.3) is 0 Å². The highest BCUT2D eigenvalue weighted by Crippen LogP contribution is 2.24. The zero-order valence-electron chi connectivity index (χ0n) is 14.6. The van der Waals surface area contributed by atoms with E-state index in [1.165, 1.54) is 5.56 Å².